The summed E-state index contributed by atoms with van der Waals surface area (Å²) in [6, 6.07) is 17.5. The second-order valence-electron chi connectivity index (χ2n) is 10.5. The number of aliphatic hydroxyl groups excluding tert-OH is 1. The minimum Gasteiger partial charge on any atom is -0.479 e. The van der Waals surface area contributed by atoms with Gasteiger partial charge in [-0.15, -0.1) is 0 Å². The molecule has 5 N–H and O–H groups in total. The van der Waals surface area contributed by atoms with Crippen molar-refractivity contribution in [2.24, 2.45) is 0 Å². The molecule has 0 aromatic heterocycles. The molecule has 1 unspecified atom stereocenters. The van der Waals surface area contributed by atoms with Crippen molar-refractivity contribution >= 4 is 54.7 Å². The number of carbonyl (C=O) groups is 1. The maximum absolute atomic E-state index is 12.8. The molecular weight excluding hydrogens is 632 g/mol. The number of carboxylic acids is 1. The molecule has 44 heavy (non-hydrogen) atoms. The Bertz CT molecular complexity index is 1660. The highest BCUT2D eigenvalue weighted by atomic mass is 35.5. The standard InChI is InChI=1S/C29H35ClN4O8S2/c1-19(29(36)37)42-24-8-10-25(11-9-24)44(40,41)32-22-4-6-23(7-5-22)34-15-13-21(14-16-34)31-18-28(35)20-3-12-26(30)27(17-20)33-43(2,38)39/h3-12,17,19,21,28,31-33,35H,13-16,18H2,1-2H3,(H,36,37)/t19?,28-/m0/s1. The molecule has 0 aliphatic carbocycles. The van der Waals surface area contributed by atoms with Gasteiger partial charge in [-0.3, -0.25) is 9.44 Å². The fraction of sp³-hybridized carbons (Fsp3) is 0.345. The number of rotatable bonds is 13. The SMILES string of the molecule is CC(Oc1ccc(S(=O)(=O)Nc2ccc(N3CCC(NC[C@H](O)c4ccc(Cl)c(NS(C)(=O)=O)c4)CC3)cc2)cc1)C(=O)O. The van der Waals surface area contributed by atoms with Crippen LogP contribution >= 0.6 is 11.6 Å². The lowest BCUT2D eigenvalue weighted by molar-refractivity contribution is -0.144. The van der Waals surface area contributed by atoms with Gasteiger partial charge in [0.1, 0.15) is 5.75 Å². The number of halogens is 1. The molecule has 2 atom stereocenters. The molecule has 12 nitrogen and oxygen atoms in total. The van der Waals surface area contributed by atoms with Crippen molar-refractivity contribution < 1.29 is 36.6 Å². The average Bonchev–Trinajstić information content (AvgIpc) is 2.97. The van der Waals surface area contributed by atoms with E-state index in [4.69, 9.17) is 21.4 Å². The molecule has 3 aromatic rings. The van der Waals surface area contributed by atoms with E-state index in [1.54, 1.807) is 24.3 Å². The number of aliphatic hydroxyl groups is 1. The van der Waals surface area contributed by atoms with E-state index in [0.717, 1.165) is 37.9 Å². The Morgan fingerprint density at radius 1 is 1.00 bits per heavy atom. The maximum Gasteiger partial charge on any atom is 0.344 e. The van der Waals surface area contributed by atoms with E-state index in [2.05, 4.69) is 19.7 Å². The van der Waals surface area contributed by atoms with E-state index >= 15 is 0 Å². The number of sulfonamides is 2. The number of piperidine rings is 1. The van der Waals surface area contributed by atoms with E-state index in [1.807, 2.05) is 12.1 Å². The van der Waals surface area contributed by atoms with Gasteiger partial charge >= 0.3 is 5.97 Å². The summed E-state index contributed by atoms with van der Waals surface area (Å²) >= 11 is 6.08. The van der Waals surface area contributed by atoms with Crippen molar-refractivity contribution in [3.63, 3.8) is 0 Å². The number of aliphatic carboxylic acids is 1. The molecule has 0 bridgehead atoms. The van der Waals surface area contributed by atoms with E-state index in [1.165, 1.54) is 37.3 Å². The van der Waals surface area contributed by atoms with Crippen LogP contribution in [0.4, 0.5) is 17.1 Å². The van der Waals surface area contributed by atoms with Gasteiger partial charge in [0.15, 0.2) is 6.10 Å². The third-order valence-corrected chi connectivity index (χ3v) is 9.36. The normalized spacial score (nSPS) is 15.8. The van der Waals surface area contributed by atoms with Crippen LogP contribution in [0.3, 0.4) is 0 Å². The Hall–Kier alpha value is -3.56. The molecule has 0 spiro atoms. The number of benzene rings is 3. The average molecular weight is 667 g/mol. The molecule has 0 saturated carbocycles. The highest BCUT2D eigenvalue weighted by molar-refractivity contribution is 7.92. The van der Waals surface area contributed by atoms with E-state index < -0.39 is 38.2 Å². The van der Waals surface area contributed by atoms with Crippen LogP contribution in [0, 0.1) is 0 Å². The lowest BCUT2D eigenvalue weighted by Crippen LogP contribution is -2.43. The molecule has 1 aliphatic rings. The fourth-order valence-corrected chi connectivity index (χ4v) is 6.52. The molecule has 0 amide bonds. The summed E-state index contributed by atoms with van der Waals surface area (Å²) in [5, 5.41) is 23.2. The van der Waals surface area contributed by atoms with Gasteiger partial charge in [0.05, 0.1) is 28.0 Å². The van der Waals surface area contributed by atoms with Crippen molar-refractivity contribution in [2.45, 2.75) is 42.9 Å². The minimum atomic E-state index is -3.87. The summed E-state index contributed by atoms with van der Waals surface area (Å²) in [6.45, 7) is 3.19. The zero-order chi connectivity index (χ0) is 32.1. The van der Waals surface area contributed by atoms with Crippen LogP contribution in [0.1, 0.15) is 31.4 Å². The first-order valence-corrected chi connectivity index (χ1v) is 17.5. The van der Waals surface area contributed by atoms with Crippen LogP contribution in [0.25, 0.3) is 0 Å². The number of hydrogen-bond donors (Lipinski definition) is 5. The Morgan fingerprint density at radius 3 is 2.23 bits per heavy atom. The third-order valence-electron chi connectivity index (χ3n) is 7.04. The summed E-state index contributed by atoms with van der Waals surface area (Å²) in [5.74, 6) is -0.876. The highest BCUT2D eigenvalue weighted by Crippen LogP contribution is 2.28. The largest absolute Gasteiger partial charge is 0.479 e. The van der Waals surface area contributed by atoms with Crippen LogP contribution in [-0.4, -0.2) is 71.1 Å². The van der Waals surface area contributed by atoms with Gasteiger partial charge in [-0.25, -0.2) is 21.6 Å². The van der Waals surface area contributed by atoms with Gasteiger partial charge in [0.2, 0.25) is 10.0 Å². The Kier molecular flexibility index (Phi) is 10.6. The Morgan fingerprint density at radius 2 is 1.64 bits per heavy atom. The minimum absolute atomic E-state index is 0.0127. The monoisotopic (exact) mass is 666 g/mol. The van der Waals surface area contributed by atoms with Gasteiger partial charge in [0, 0.05) is 37.1 Å². The quantitative estimate of drug-likeness (QED) is 0.181. The molecule has 238 valence electrons. The van der Waals surface area contributed by atoms with Crippen LogP contribution in [-0.2, 0) is 24.8 Å². The first-order valence-electron chi connectivity index (χ1n) is 13.8. The second-order valence-corrected chi connectivity index (χ2v) is 14.4. The zero-order valence-corrected chi connectivity index (χ0v) is 26.5. The molecule has 1 saturated heterocycles. The Balaban J connectivity index is 1.26. The topological polar surface area (TPSA) is 174 Å². The van der Waals surface area contributed by atoms with Crippen LogP contribution < -0.4 is 24.4 Å². The molecule has 0 radical (unpaired) electrons. The van der Waals surface area contributed by atoms with Gasteiger partial charge < -0.3 is 25.2 Å². The van der Waals surface area contributed by atoms with Crippen molar-refractivity contribution in [3.8, 4) is 5.75 Å². The summed E-state index contributed by atoms with van der Waals surface area (Å²) in [6.07, 6.45) is 0.769. The highest BCUT2D eigenvalue weighted by Gasteiger charge is 2.22. The van der Waals surface area contributed by atoms with Gasteiger partial charge in [-0.2, -0.15) is 0 Å². The van der Waals surface area contributed by atoms with E-state index in [9.17, 15) is 26.7 Å². The molecule has 1 heterocycles. The number of nitrogens with zero attached hydrogens (tertiary/aromatic N) is 1. The smallest absolute Gasteiger partial charge is 0.344 e. The van der Waals surface area contributed by atoms with Crippen LogP contribution in [0.5, 0.6) is 5.75 Å². The number of nitrogens with one attached hydrogen (secondary N) is 3. The summed E-state index contributed by atoms with van der Waals surface area (Å²) in [4.78, 5) is 13.2. The van der Waals surface area contributed by atoms with Crippen LogP contribution in [0.2, 0.25) is 5.02 Å². The number of hydrogen-bond acceptors (Lipinski definition) is 9. The summed E-state index contributed by atoms with van der Waals surface area (Å²) in [5.41, 5.74) is 2.10. The molecule has 3 aromatic carbocycles. The number of anilines is 3. The molecule has 4 rings (SSSR count). The summed E-state index contributed by atoms with van der Waals surface area (Å²) < 4.78 is 59.0. The van der Waals surface area contributed by atoms with Crippen LogP contribution in [0.15, 0.2) is 71.6 Å². The first-order chi connectivity index (χ1) is 20.7. The second kappa shape index (κ2) is 14.0. The lowest BCUT2D eigenvalue weighted by atomic mass is 10.0. The van der Waals surface area contributed by atoms with Crippen molar-refractivity contribution in [1.29, 1.82) is 0 Å². The predicted molar refractivity (Wildman–Crippen MR) is 170 cm³/mol. The molecule has 1 aliphatic heterocycles. The van der Waals surface area contributed by atoms with Gasteiger partial charge in [0.25, 0.3) is 10.0 Å². The van der Waals surface area contributed by atoms with Crippen molar-refractivity contribution in [1.82, 2.24) is 5.32 Å². The summed E-state index contributed by atoms with van der Waals surface area (Å²) in [7, 11) is -7.38. The van der Waals surface area contributed by atoms with Gasteiger partial charge in [-0.1, -0.05) is 17.7 Å². The van der Waals surface area contributed by atoms with Crippen molar-refractivity contribution in [3.05, 3.63) is 77.3 Å². The van der Waals surface area contributed by atoms with Gasteiger partial charge in [-0.05, 0) is 86.0 Å². The number of ether oxygens (including phenoxy) is 1. The third kappa shape index (κ3) is 9.22. The first kappa shape index (κ1) is 33.3. The Labute approximate surface area is 262 Å². The number of carboxylic acid groups (broad SMARTS) is 1. The van der Waals surface area contributed by atoms with E-state index in [0.29, 0.717) is 11.3 Å². The predicted octanol–water partition coefficient (Wildman–Crippen LogP) is 3.66. The van der Waals surface area contributed by atoms with E-state index in [-0.39, 0.29) is 33.9 Å². The maximum atomic E-state index is 12.8. The lowest BCUT2D eigenvalue weighted by Gasteiger charge is -2.34. The molecular formula is C29H35ClN4O8S2. The zero-order valence-electron chi connectivity index (χ0n) is 24.1. The molecule has 1 fully saturated rings. The fourth-order valence-electron chi connectivity index (χ4n) is 4.67. The van der Waals surface area contributed by atoms with Crippen molar-refractivity contribution in [2.75, 3.05) is 40.2 Å². The molecule has 15 heteroatoms.